The topological polar surface area (TPSA) is 55.7 Å². The van der Waals surface area contributed by atoms with Gasteiger partial charge in [0.05, 0.1) is 24.0 Å². The third kappa shape index (κ3) is 2.74. The van der Waals surface area contributed by atoms with Crippen LogP contribution in [0.15, 0.2) is 12.4 Å². The van der Waals surface area contributed by atoms with Gasteiger partial charge in [0.25, 0.3) is 0 Å². The number of aryl methyl sites for hydroxylation is 3. The summed E-state index contributed by atoms with van der Waals surface area (Å²) < 4.78 is 0. The van der Waals surface area contributed by atoms with Gasteiger partial charge in [-0.05, 0) is 20.8 Å². The molecule has 2 aromatic rings. The number of hydrogen-bond acceptors (Lipinski definition) is 5. The van der Waals surface area contributed by atoms with Crippen LogP contribution in [0, 0.1) is 20.8 Å². The molecule has 0 fully saturated rings. The van der Waals surface area contributed by atoms with E-state index in [1.54, 1.807) is 17.5 Å². The van der Waals surface area contributed by atoms with Crippen molar-refractivity contribution < 1.29 is 4.79 Å². The molecule has 4 nitrogen and oxygen atoms in total. The number of rotatable bonds is 3. The van der Waals surface area contributed by atoms with E-state index in [1.807, 2.05) is 20.8 Å². The molecule has 0 bridgehead atoms. The molecule has 2 aromatic heterocycles. The van der Waals surface area contributed by atoms with Gasteiger partial charge in [-0.25, -0.2) is 9.97 Å². The number of aromatic nitrogens is 3. The molecule has 0 N–H and O–H groups in total. The lowest BCUT2D eigenvalue weighted by atomic mass is 10.2. The first-order chi connectivity index (χ1) is 8.06. The molecule has 2 rings (SSSR count). The van der Waals surface area contributed by atoms with Gasteiger partial charge >= 0.3 is 0 Å². The fourth-order valence-electron chi connectivity index (χ4n) is 1.38. The molecule has 0 saturated heterocycles. The molecule has 17 heavy (non-hydrogen) atoms. The highest BCUT2D eigenvalue weighted by molar-refractivity contribution is 7.11. The minimum absolute atomic E-state index is 0.0359. The Labute approximate surface area is 104 Å². The maximum absolute atomic E-state index is 11.9. The fourth-order valence-corrected chi connectivity index (χ4v) is 2.31. The monoisotopic (exact) mass is 247 g/mol. The number of Topliss-reactive ketones (excluding diaryl/α,β-unsaturated/α-hetero) is 1. The first-order valence-corrected chi connectivity index (χ1v) is 6.12. The van der Waals surface area contributed by atoms with Crippen molar-refractivity contribution >= 4 is 17.1 Å². The minimum atomic E-state index is -0.0359. The van der Waals surface area contributed by atoms with Gasteiger partial charge in [-0.3, -0.25) is 9.78 Å². The Morgan fingerprint density at radius 2 is 2.00 bits per heavy atom. The summed E-state index contributed by atoms with van der Waals surface area (Å²) in [5, 5.41) is 0.840. The predicted molar refractivity (Wildman–Crippen MR) is 66.4 cm³/mol. The summed E-state index contributed by atoms with van der Waals surface area (Å²) in [4.78, 5) is 25.5. The molecule has 0 aliphatic rings. The lowest BCUT2D eigenvalue weighted by Crippen LogP contribution is -2.06. The maximum Gasteiger partial charge on any atom is 0.189 e. The Balaban J connectivity index is 2.14. The van der Waals surface area contributed by atoms with E-state index in [4.69, 9.17) is 0 Å². The predicted octanol–water partition coefficient (Wildman–Crippen LogP) is 2.28. The van der Waals surface area contributed by atoms with Crippen LogP contribution in [0.25, 0.3) is 0 Å². The lowest BCUT2D eigenvalue weighted by molar-refractivity contribution is 0.0987. The van der Waals surface area contributed by atoms with Gasteiger partial charge in [0.15, 0.2) is 5.78 Å². The maximum atomic E-state index is 11.9. The van der Waals surface area contributed by atoms with E-state index in [2.05, 4.69) is 15.0 Å². The van der Waals surface area contributed by atoms with Crippen molar-refractivity contribution in [1.82, 2.24) is 15.0 Å². The van der Waals surface area contributed by atoms with E-state index in [1.165, 1.54) is 6.20 Å². The highest BCUT2D eigenvalue weighted by Gasteiger charge is 2.12. The minimum Gasteiger partial charge on any atom is -0.292 e. The number of thiazole rings is 1. The highest BCUT2D eigenvalue weighted by Crippen LogP contribution is 2.17. The van der Waals surface area contributed by atoms with E-state index in [9.17, 15) is 4.79 Å². The van der Waals surface area contributed by atoms with E-state index in [0.717, 1.165) is 21.3 Å². The van der Waals surface area contributed by atoms with Gasteiger partial charge in [0, 0.05) is 11.1 Å². The molecule has 0 spiro atoms. The number of nitrogens with zero attached hydrogens (tertiary/aromatic N) is 3. The quantitative estimate of drug-likeness (QED) is 0.781. The Kier molecular flexibility index (Phi) is 3.28. The zero-order valence-electron chi connectivity index (χ0n) is 10.0. The SMILES string of the molecule is Cc1cnc(C(=O)Cc2nc(C)c(C)s2)cn1. The molecular weight excluding hydrogens is 234 g/mol. The average molecular weight is 247 g/mol. The van der Waals surface area contributed by atoms with Crippen LogP contribution >= 0.6 is 11.3 Å². The summed E-state index contributed by atoms with van der Waals surface area (Å²) in [6, 6.07) is 0. The molecule has 0 amide bonds. The highest BCUT2D eigenvalue weighted by atomic mass is 32.1. The molecule has 0 aromatic carbocycles. The van der Waals surface area contributed by atoms with Crippen molar-refractivity contribution in [2.24, 2.45) is 0 Å². The van der Waals surface area contributed by atoms with Gasteiger partial charge in [0.2, 0.25) is 0 Å². The second kappa shape index (κ2) is 4.71. The standard InChI is InChI=1S/C12H13N3OS/c1-7-5-14-10(6-13-7)11(16)4-12-15-8(2)9(3)17-12/h5-6H,4H2,1-3H3. The van der Waals surface area contributed by atoms with Crippen LogP contribution in [-0.2, 0) is 6.42 Å². The van der Waals surface area contributed by atoms with Crippen LogP contribution in [0.3, 0.4) is 0 Å². The van der Waals surface area contributed by atoms with Crippen LogP contribution in [0.1, 0.15) is 31.8 Å². The molecule has 2 heterocycles. The molecule has 88 valence electrons. The van der Waals surface area contributed by atoms with Crippen LogP contribution in [0.5, 0.6) is 0 Å². The number of carbonyl (C=O) groups is 1. The third-order valence-corrected chi connectivity index (χ3v) is 3.52. The number of hydrogen-bond donors (Lipinski definition) is 0. The van der Waals surface area contributed by atoms with Crippen molar-refractivity contribution in [3.63, 3.8) is 0 Å². The van der Waals surface area contributed by atoms with E-state index in [0.29, 0.717) is 12.1 Å². The van der Waals surface area contributed by atoms with E-state index >= 15 is 0 Å². The van der Waals surface area contributed by atoms with E-state index < -0.39 is 0 Å². The molecule has 0 saturated carbocycles. The van der Waals surface area contributed by atoms with Crippen molar-refractivity contribution in [3.05, 3.63) is 39.4 Å². The molecule has 0 unspecified atom stereocenters. The molecule has 0 aliphatic carbocycles. The summed E-state index contributed by atoms with van der Waals surface area (Å²) in [7, 11) is 0. The second-order valence-electron chi connectivity index (χ2n) is 3.89. The van der Waals surface area contributed by atoms with Gasteiger partial charge < -0.3 is 0 Å². The summed E-state index contributed by atoms with van der Waals surface area (Å²) in [5.41, 5.74) is 2.20. The molecule has 0 atom stereocenters. The molecule has 0 radical (unpaired) electrons. The fraction of sp³-hybridized carbons (Fsp3) is 0.333. The normalized spacial score (nSPS) is 10.5. The first-order valence-electron chi connectivity index (χ1n) is 5.31. The van der Waals surface area contributed by atoms with Crippen molar-refractivity contribution in [2.75, 3.05) is 0 Å². The third-order valence-electron chi connectivity index (χ3n) is 2.45. The van der Waals surface area contributed by atoms with Crippen molar-refractivity contribution in [2.45, 2.75) is 27.2 Å². The Morgan fingerprint density at radius 3 is 2.53 bits per heavy atom. The average Bonchev–Trinajstić information content (AvgIpc) is 2.58. The van der Waals surface area contributed by atoms with Crippen LogP contribution in [0.2, 0.25) is 0 Å². The van der Waals surface area contributed by atoms with Crippen LogP contribution < -0.4 is 0 Å². The number of ketones is 1. The first kappa shape index (κ1) is 11.9. The zero-order chi connectivity index (χ0) is 12.4. The summed E-state index contributed by atoms with van der Waals surface area (Å²) >= 11 is 1.56. The van der Waals surface area contributed by atoms with Crippen molar-refractivity contribution in [3.8, 4) is 0 Å². The Hall–Kier alpha value is -1.62. The van der Waals surface area contributed by atoms with Gasteiger partial charge in [-0.1, -0.05) is 0 Å². The molecule has 5 heteroatoms. The smallest absolute Gasteiger partial charge is 0.189 e. The second-order valence-corrected chi connectivity index (χ2v) is 5.18. The van der Waals surface area contributed by atoms with Crippen molar-refractivity contribution in [1.29, 1.82) is 0 Å². The summed E-state index contributed by atoms with van der Waals surface area (Å²) in [5.74, 6) is -0.0359. The van der Waals surface area contributed by atoms with Gasteiger partial charge in [-0.15, -0.1) is 11.3 Å². The van der Waals surface area contributed by atoms with Gasteiger partial charge in [-0.2, -0.15) is 0 Å². The Bertz CT molecular complexity index is 526. The van der Waals surface area contributed by atoms with E-state index in [-0.39, 0.29) is 5.78 Å². The van der Waals surface area contributed by atoms with Gasteiger partial charge in [0.1, 0.15) is 10.7 Å². The summed E-state index contributed by atoms with van der Waals surface area (Å²) in [6.07, 6.45) is 3.42. The zero-order valence-corrected chi connectivity index (χ0v) is 10.8. The molecule has 0 aliphatic heterocycles. The largest absolute Gasteiger partial charge is 0.292 e. The molecular formula is C12H13N3OS. The van der Waals surface area contributed by atoms with Crippen LogP contribution in [-0.4, -0.2) is 20.7 Å². The number of carbonyl (C=O) groups excluding carboxylic acids is 1. The van der Waals surface area contributed by atoms with Crippen LogP contribution in [0.4, 0.5) is 0 Å². The summed E-state index contributed by atoms with van der Waals surface area (Å²) in [6.45, 7) is 5.80. The Morgan fingerprint density at radius 1 is 1.24 bits per heavy atom. The lowest BCUT2D eigenvalue weighted by Gasteiger charge is -1.97.